The molecule has 1 amide bonds. The average molecular weight is 400 g/mol. The minimum atomic E-state index is -0.282. The summed E-state index contributed by atoms with van der Waals surface area (Å²) in [5.41, 5.74) is 2.79. The van der Waals surface area contributed by atoms with Crippen molar-refractivity contribution < 1.29 is 4.79 Å². The average Bonchev–Trinajstić information content (AvgIpc) is 2.96. The van der Waals surface area contributed by atoms with Crippen molar-refractivity contribution in [1.82, 2.24) is 10.2 Å². The van der Waals surface area contributed by atoms with Crippen LogP contribution in [0, 0.1) is 6.92 Å². The maximum absolute atomic E-state index is 12.4. The van der Waals surface area contributed by atoms with Gasteiger partial charge in [0.2, 0.25) is 5.91 Å². The van der Waals surface area contributed by atoms with Gasteiger partial charge in [-0.05, 0) is 38.5 Å². The van der Waals surface area contributed by atoms with Crippen molar-refractivity contribution in [2.24, 2.45) is 0 Å². The van der Waals surface area contributed by atoms with Crippen LogP contribution in [0.15, 0.2) is 39.0 Å². The summed E-state index contributed by atoms with van der Waals surface area (Å²) < 4.78 is 1.67. The number of amides is 1. The number of benzene rings is 1. The molecule has 1 atom stereocenters. The Hall–Kier alpha value is -1.02. The topological polar surface area (TPSA) is 54.9 Å². The zero-order chi connectivity index (χ0) is 17.7. The van der Waals surface area contributed by atoms with Crippen molar-refractivity contribution in [2.75, 3.05) is 11.1 Å². The van der Waals surface area contributed by atoms with Crippen LogP contribution < -0.4 is 5.32 Å². The van der Waals surface area contributed by atoms with Crippen molar-refractivity contribution in [3.05, 3.63) is 40.9 Å². The smallest absolute Gasteiger partial charge is 0.237 e. The molecular weight excluding hydrogens is 382 g/mol. The standard InChI is InChI=1S/C16H18ClN3OS3/c1-9(2)8-22-15-19-20-16(24-15)23-11(4)14(21)18-13-7-12(17)6-5-10(13)3/h5-7,11H,1,8H2,2-4H3,(H,18,21)/t11-/m0/s1. The molecule has 4 nitrogen and oxygen atoms in total. The van der Waals surface area contributed by atoms with E-state index in [0.717, 1.165) is 31.3 Å². The first-order valence-corrected chi connectivity index (χ1v) is 10.3. The minimum Gasteiger partial charge on any atom is -0.325 e. The number of nitrogens with zero attached hydrogens (tertiary/aromatic N) is 2. The number of carbonyl (C=O) groups excluding carboxylic acids is 1. The molecule has 0 aliphatic carbocycles. The fraction of sp³-hybridized carbons (Fsp3) is 0.312. The summed E-state index contributed by atoms with van der Waals surface area (Å²) in [7, 11) is 0. The van der Waals surface area contributed by atoms with Gasteiger partial charge in [0, 0.05) is 16.5 Å². The van der Waals surface area contributed by atoms with Crippen molar-refractivity contribution in [3.63, 3.8) is 0 Å². The van der Waals surface area contributed by atoms with Gasteiger partial charge < -0.3 is 5.32 Å². The van der Waals surface area contributed by atoms with Crippen molar-refractivity contribution >= 4 is 58.1 Å². The Kier molecular flexibility index (Phi) is 7.16. The van der Waals surface area contributed by atoms with Crippen LogP contribution in [0.2, 0.25) is 5.02 Å². The van der Waals surface area contributed by atoms with Gasteiger partial charge in [-0.1, -0.05) is 64.7 Å². The molecule has 1 heterocycles. The fourth-order valence-electron chi connectivity index (χ4n) is 1.66. The molecule has 1 aromatic heterocycles. The van der Waals surface area contributed by atoms with Gasteiger partial charge in [-0.25, -0.2) is 0 Å². The Balaban J connectivity index is 1.94. The second-order valence-electron chi connectivity index (χ2n) is 5.29. The number of aryl methyl sites for hydroxylation is 1. The van der Waals surface area contributed by atoms with Crippen molar-refractivity contribution in [1.29, 1.82) is 0 Å². The summed E-state index contributed by atoms with van der Waals surface area (Å²) in [6, 6.07) is 5.44. The van der Waals surface area contributed by atoms with E-state index in [1.54, 1.807) is 23.9 Å². The highest BCUT2D eigenvalue weighted by Gasteiger charge is 2.18. The van der Waals surface area contributed by atoms with Gasteiger partial charge in [0.1, 0.15) is 0 Å². The van der Waals surface area contributed by atoms with E-state index in [4.69, 9.17) is 11.6 Å². The predicted molar refractivity (Wildman–Crippen MR) is 106 cm³/mol. The van der Waals surface area contributed by atoms with Gasteiger partial charge in [-0.3, -0.25) is 4.79 Å². The van der Waals surface area contributed by atoms with Crippen LogP contribution in [0.5, 0.6) is 0 Å². The van der Waals surface area contributed by atoms with Gasteiger partial charge in [-0.15, -0.1) is 10.2 Å². The highest BCUT2D eigenvalue weighted by molar-refractivity contribution is 8.04. The molecule has 0 fully saturated rings. The largest absolute Gasteiger partial charge is 0.325 e. The zero-order valence-corrected chi connectivity index (χ0v) is 16.8. The number of hydrogen-bond donors (Lipinski definition) is 1. The first-order valence-electron chi connectivity index (χ1n) is 7.19. The molecule has 0 spiro atoms. The summed E-state index contributed by atoms with van der Waals surface area (Å²) in [5.74, 6) is 0.736. The van der Waals surface area contributed by atoms with E-state index < -0.39 is 0 Å². The van der Waals surface area contributed by atoms with Crippen molar-refractivity contribution in [2.45, 2.75) is 34.7 Å². The van der Waals surface area contributed by atoms with E-state index in [1.165, 1.54) is 23.1 Å². The third-order valence-electron chi connectivity index (χ3n) is 2.93. The summed E-state index contributed by atoms with van der Waals surface area (Å²) in [4.78, 5) is 12.4. The molecule has 1 N–H and O–H groups in total. The van der Waals surface area contributed by atoms with E-state index in [1.807, 2.05) is 26.8 Å². The molecule has 0 saturated heterocycles. The van der Waals surface area contributed by atoms with Crippen LogP contribution in [-0.2, 0) is 4.79 Å². The van der Waals surface area contributed by atoms with E-state index in [0.29, 0.717) is 5.02 Å². The van der Waals surface area contributed by atoms with Crippen molar-refractivity contribution in [3.8, 4) is 0 Å². The SMILES string of the molecule is C=C(C)CSc1nnc(S[C@@H](C)C(=O)Nc2cc(Cl)ccc2C)s1. The molecule has 1 aromatic carbocycles. The maximum atomic E-state index is 12.4. The highest BCUT2D eigenvalue weighted by Crippen LogP contribution is 2.32. The number of carbonyl (C=O) groups is 1. The molecule has 0 aliphatic rings. The maximum Gasteiger partial charge on any atom is 0.237 e. The van der Waals surface area contributed by atoms with Gasteiger partial charge in [0.15, 0.2) is 8.68 Å². The first-order chi connectivity index (χ1) is 11.3. The number of rotatable bonds is 7. The van der Waals surface area contributed by atoms with E-state index >= 15 is 0 Å². The molecule has 0 saturated carbocycles. The van der Waals surface area contributed by atoms with Gasteiger partial charge in [-0.2, -0.15) is 0 Å². The Morgan fingerprint density at radius 3 is 2.83 bits per heavy atom. The molecular formula is C16H18ClN3OS3. The molecule has 24 heavy (non-hydrogen) atoms. The fourth-order valence-corrected chi connectivity index (χ4v) is 4.84. The lowest BCUT2D eigenvalue weighted by Gasteiger charge is -2.12. The Morgan fingerprint density at radius 2 is 2.12 bits per heavy atom. The lowest BCUT2D eigenvalue weighted by molar-refractivity contribution is -0.115. The third kappa shape index (κ3) is 5.81. The van der Waals surface area contributed by atoms with Gasteiger partial charge >= 0.3 is 0 Å². The summed E-state index contributed by atoms with van der Waals surface area (Å²) in [5, 5.41) is 11.5. The summed E-state index contributed by atoms with van der Waals surface area (Å²) >= 11 is 10.5. The van der Waals surface area contributed by atoms with Crippen LogP contribution >= 0.6 is 46.5 Å². The lowest BCUT2D eigenvalue weighted by atomic mass is 10.2. The van der Waals surface area contributed by atoms with Crippen LogP contribution in [-0.4, -0.2) is 27.1 Å². The molecule has 0 aliphatic heterocycles. The number of anilines is 1. The lowest BCUT2D eigenvalue weighted by Crippen LogP contribution is -2.22. The first kappa shape index (κ1) is 19.3. The molecule has 0 radical (unpaired) electrons. The Morgan fingerprint density at radius 1 is 1.42 bits per heavy atom. The molecule has 2 aromatic rings. The summed E-state index contributed by atoms with van der Waals surface area (Å²) in [6.45, 7) is 9.63. The van der Waals surface area contributed by atoms with Crippen LogP contribution in [0.4, 0.5) is 5.69 Å². The van der Waals surface area contributed by atoms with Gasteiger partial charge in [0.25, 0.3) is 0 Å². The molecule has 128 valence electrons. The van der Waals surface area contributed by atoms with Crippen LogP contribution in [0.3, 0.4) is 0 Å². The highest BCUT2D eigenvalue weighted by atomic mass is 35.5. The van der Waals surface area contributed by atoms with Crippen LogP contribution in [0.1, 0.15) is 19.4 Å². The van der Waals surface area contributed by atoms with Crippen LogP contribution in [0.25, 0.3) is 0 Å². The predicted octanol–water partition coefficient (Wildman–Crippen LogP) is 5.29. The third-order valence-corrected chi connectivity index (χ3v) is 6.64. The minimum absolute atomic E-state index is 0.0864. The quantitative estimate of drug-likeness (QED) is 0.506. The number of hydrogen-bond acceptors (Lipinski definition) is 6. The monoisotopic (exact) mass is 399 g/mol. The number of halogens is 1. The van der Waals surface area contributed by atoms with E-state index in [2.05, 4.69) is 22.1 Å². The second-order valence-corrected chi connectivity index (χ2v) is 9.51. The molecule has 0 bridgehead atoms. The molecule has 8 heteroatoms. The summed E-state index contributed by atoms with van der Waals surface area (Å²) in [6.07, 6.45) is 0. The van der Waals surface area contributed by atoms with E-state index in [9.17, 15) is 4.79 Å². The Labute approximate surface area is 159 Å². The normalized spacial score (nSPS) is 12.0. The Bertz CT molecular complexity index is 748. The second kappa shape index (κ2) is 8.89. The number of aromatic nitrogens is 2. The number of thioether (sulfide) groups is 2. The molecule has 2 rings (SSSR count). The van der Waals surface area contributed by atoms with E-state index in [-0.39, 0.29) is 11.2 Å². The number of nitrogens with one attached hydrogen (secondary N) is 1. The van der Waals surface area contributed by atoms with Gasteiger partial charge in [0.05, 0.1) is 5.25 Å². The molecule has 0 unspecified atom stereocenters. The zero-order valence-electron chi connectivity index (χ0n) is 13.6.